The zero-order chi connectivity index (χ0) is 16.5. The van der Waals surface area contributed by atoms with Crippen molar-refractivity contribution < 1.29 is 9.47 Å². The molecule has 24 heavy (non-hydrogen) atoms. The molecule has 0 saturated heterocycles. The number of para-hydroxylation sites is 2. The van der Waals surface area contributed by atoms with E-state index in [0.29, 0.717) is 25.2 Å². The van der Waals surface area contributed by atoms with Crippen LogP contribution >= 0.6 is 24.0 Å². The van der Waals surface area contributed by atoms with Gasteiger partial charge in [0.2, 0.25) is 0 Å². The summed E-state index contributed by atoms with van der Waals surface area (Å²) in [6.07, 6.45) is 6.31. The highest BCUT2D eigenvalue weighted by molar-refractivity contribution is 14.0. The molecule has 1 unspecified atom stereocenters. The summed E-state index contributed by atoms with van der Waals surface area (Å²) in [7, 11) is 1.65. The van der Waals surface area contributed by atoms with Crippen molar-refractivity contribution in [2.24, 2.45) is 16.6 Å². The quantitative estimate of drug-likeness (QED) is 0.381. The highest BCUT2D eigenvalue weighted by atomic mass is 127. The normalized spacial score (nSPS) is 16.8. The van der Waals surface area contributed by atoms with Crippen molar-refractivity contribution in [1.29, 1.82) is 0 Å². The third-order valence-electron chi connectivity index (χ3n) is 4.12. The fraction of sp³-hybridized carbons (Fsp3) is 0.611. The zero-order valence-electron chi connectivity index (χ0n) is 14.7. The average molecular weight is 447 g/mol. The lowest BCUT2D eigenvalue weighted by Gasteiger charge is -2.23. The van der Waals surface area contributed by atoms with E-state index in [1.54, 1.807) is 7.11 Å². The van der Waals surface area contributed by atoms with Gasteiger partial charge in [0.25, 0.3) is 0 Å². The fourth-order valence-corrected chi connectivity index (χ4v) is 2.78. The maximum Gasteiger partial charge on any atom is 0.188 e. The summed E-state index contributed by atoms with van der Waals surface area (Å²) in [6.45, 7) is 3.34. The van der Waals surface area contributed by atoms with Crippen molar-refractivity contribution >= 4 is 29.9 Å². The number of rotatable bonds is 7. The first-order valence-corrected chi connectivity index (χ1v) is 8.51. The van der Waals surface area contributed by atoms with Crippen LogP contribution < -0.4 is 20.5 Å². The molecule has 0 amide bonds. The lowest BCUT2D eigenvalue weighted by atomic mass is 9.96. The second-order valence-electron chi connectivity index (χ2n) is 6.27. The van der Waals surface area contributed by atoms with E-state index in [4.69, 9.17) is 15.2 Å². The van der Waals surface area contributed by atoms with Crippen LogP contribution in [0.4, 0.5) is 0 Å². The Morgan fingerprint density at radius 1 is 1.25 bits per heavy atom. The molecule has 1 aliphatic rings. The maximum absolute atomic E-state index is 5.98. The predicted molar refractivity (Wildman–Crippen MR) is 110 cm³/mol. The van der Waals surface area contributed by atoms with Crippen LogP contribution in [0.5, 0.6) is 11.5 Å². The number of hydrogen-bond donors (Lipinski definition) is 2. The highest BCUT2D eigenvalue weighted by Crippen LogP contribution is 2.26. The summed E-state index contributed by atoms with van der Waals surface area (Å²) in [5, 5.41) is 3.33. The van der Waals surface area contributed by atoms with Gasteiger partial charge < -0.3 is 20.5 Å². The van der Waals surface area contributed by atoms with Gasteiger partial charge in [-0.2, -0.15) is 0 Å². The molecule has 1 aromatic carbocycles. The average Bonchev–Trinajstić information content (AvgIpc) is 2.59. The van der Waals surface area contributed by atoms with Crippen molar-refractivity contribution in [3.8, 4) is 11.5 Å². The van der Waals surface area contributed by atoms with Crippen LogP contribution in [0.15, 0.2) is 29.3 Å². The Morgan fingerprint density at radius 3 is 2.58 bits per heavy atom. The number of nitrogens with one attached hydrogen (secondary N) is 1. The van der Waals surface area contributed by atoms with Crippen molar-refractivity contribution in [1.82, 2.24) is 5.32 Å². The minimum Gasteiger partial charge on any atom is -0.493 e. The summed E-state index contributed by atoms with van der Waals surface area (Å²) in [6, 6.07) is 8.16. The Bertz CT molecular complexity index is 505. The molecule has 0 bridgehead atoms. The Balaban J connectivity index is 0.00000288. The van der Waals surface area contributed by atoms with Gasteiger partial charge in [0.1, 0.15) is 0 Å². The third-order valence-corrected chi connectivity index (χ3v) is 4.12. The van der Waals surface area contributed by atoms with Gasteiger partial charge in [0.05, 0.1) is 13.7 Å². The summed E-state index contributed by atoms with van der Waals surface area (Å²) in [5.41, 5.74) is 5.98. The predicted octanol–water partition coefficient (Wildman–Crippen LogP) is 3.57. The number of hydrogen-bond acceptors (Lipinski definition) is 3. The standard InChI is InChI=1S/C18H29N3O2.HI/c1-14(13-23-17-11-7-6-10-16(17)22-2)12-20-18(19)21-15-8-4-3-5-9-15;/h6-7,10-11,14-15H,3-5,8-9,12-13H2,1-2H3,(H3,19,20,21);1H. The van der Waals surface area contributed by atoms with Gasteiger partial charge in [-0.15, -0.1) is 24.0 Å². The van der Waals surface area contributed by atoms with Gasteiger partial charge in [-0.05, 0) is 25.0 Å². The lowest BCUT2D eigenvalue weighted by Crippen LogP contribution is -2.41. The molecule has 0 heterocycles. The maximum atomic E-state index is 5.98. The fourth-order valence-electron chi connectivity index (χ4n) is 2.78. The van der Waals surface area contributed by atoms with Crippen LogP contribution in [0.25, 0.3) is 0 Å². The lowest BCUT2D eigenvalue weighted by molar-refractivity contribution is 0.251. The van der Waals surface area contributed by atoms with E-state index in [1.807, 2.05) is 24.3 Å². The second kappa shape index (κ2) is 11.4. The molecule has 2 rings (SSSR count). The molecular weight excluding hydrogens is 417 g/mol. The molecule has 1 fully saturated rings. The number of aliphatic imine (C=N–C) groups is 1. The molecule has 3 N–H and O–H groups in total. The van der Waals surface area contributed by atoms with Crippen LogP contribution in [0, 0.1) is 5.92 Å². The summed E-state index contributed by atoms with van der Waals surface area (Å²) >= 11 is 0. The topological polar surface area (TPSA) is 68.9 Å². The Labute approximate surface area is 162 Å². The summed E-state index contributed by atoms with van der Waals surface area (Å²) in [4.78, 5) is 4.45. The van der Waals surface area contributed by atoms with E-state index in [2.05, 4.69) is 17.2 Å². The SMILES string of the molecule is COc1ccccc1OCC(C)CN=C(N)NC1CCCCC1.I. The molecule has 0 aliphatic heterocycles. The number of ether oxygens (including phenoxy) is 2. The largest absolute Gasteiger partial charge is 0.493 e. The third kappa shape index (κ3) is 7.15. The van der Waals surface area contributed by atoms with Crippen molar-refractivity contribution in [2.75, 3.05) is 20.3 Å². The van der Waals surface area contributed by atoms with E-state index < -0.39 is 0 Å². The van der Waals surface area contributed by atoms with Crippen LogP contribution in [0.3, 0.4) is 0 Å². The van der Waals surface area contributed by atoms with E-state index in [1.165, 1.54) is 32.1 Å². The Morgan fingerprint density at radius 2 is 1.92 bits per heavy atom. The van der Waals surface area contributed by atoms with E-state index in [-0.39, 0.29) is 29.9 Å². The molecule has 1 atom stereocenters. The van der Waals surface area contributed by atoms with Crippen molar-refractivity contribution in [3.63, 3.8) is 0 Å². The molecule has 136 valence electrons. The minimum atomic E-state index is 0. The van der Waals surface area contributed by atoms with Gasteiger partial charge >= 0.3 is 0 Å². The number of methoxy groups -OCH3 is 1. The second-order valence-corrected chi connectivity index (χ2v) is 6.27. The van der Waals surface area contributed by atoms with Crippen molar-refractivity contribution in [3.05, 3.63) is 24.3 Å². The van der Waals surface area contributed by atoms with Gasteiger partial charge in [0.15, 0.2) is 17.5 Å². The summed E-state index contributed by atoms with van der Waals surface area (Å²) in [5.74, 6) is 2.36. The van der Waals surface area contributed by atoms with Crippen LogP contribution in [-0.4, -0.2) is 32.3 Å². The number of guanidine groups is 1. The van der Waals surface area contributed by atoms with E-state index >= 15 is 0 Å². The molecule has 6 heteroatoms. The Kier molecular flexibility index (Phi) is 9.90. The van der Waals surface area contributed by atoms with E-state index in [9.17, 15) is 0 Å². The molecule has 0 aromatic heterocycles. The van der Waals surface area contributed by atoms with Gasteiger partial charge in [-0.1, -0.05) is 38.3 Å². The van der Waals surface area contributed by atoms with Gasteiger partial charge in [-0.25, -0.2) is 0 Å². The number of nitrogens with zero attached hydrogens (tertiary/aromatic N) is 1. The van der Waals surface area contributed by atoms with Crippen LogP contribution in [0.2, 0.25) is 0 Å². The van der Waals surface area contributed by atoms with Crippen molar-refractivity contribution in [2.45, 2.75) is 45.1 Å². The van der Waals surface area contributed by atoms with E-state index in [0.717, 1.165) is 11.5 Å². The molecule has 0 spiro atoms. The van der Waals surface area contributed by atoms with Crippen LogP contribution in [0.1, 0.15) is 39.0 Å². The smallest absolute Gasteiger partial charge is 0.188 e. The minimum absolute atomic E-state index is 0. The Hall–Kier alpha value is -1.18. The molecule has 0 radical (unpaired) electrons. The molecule has 1 saturated carbocycles. The van der Waals surface area contributed by atoms with Gasteiger partial charge in [-0.3, -0.25) is 4.99 Å². The highest BCUT2D eigenvalue weighted by Gasteiger charge is 2.13. The first-order chi connectivity index (χ1) is 11.2. The molecule has 5 nitrogen and oxygen atoms in total. The number of halogens is 1. The first-order valence-electron chi connectivity index (χ1n) is 8.51. The number of benzene rings is 1. The molecular formula is C18H30IN3O2. The van der Waals surface area contributed by atoms with Gasteiger partial charge in [0, 0.05) is 18.5 Å². The first kappa shape index (κ1) is 20.9. The molecule has 1 aliphatic carbocycles. The molecule has 1 aromatic rings. The summed E-state index contributed by atoms with van der Waals surface area (Å²) < 4.78 is 11.1. The monoisotopic (exact) mass is 447 g/mol. The zero-order valence-corrected chi connectivity index (χ0v) is 17.0. The number of nitrogens with two attached hydrogens (primary N) is 1. The van der Waals surface area contributed by atoms with Crippen LogP contribution in [-0.2, 0) is 0 Å².